The third-order valence-electron chi connectivity index (χ3n) is 3.62. The van der Waals surface area contributed by atoms with E-state index in [0.29, 0.717) is 12.0 Å². The van der Waals surface area contributed by atoms with Crippen molar-refractivity contribution in [3.63, 3.8) is 0 Å². The minimum absolute atomic E-state index is 0.0157. The molecule has 1 heterocycles. The highest BCUT2D eigenvalue weighted by Gasteiger charge is 2.44. The second-order valence-electron chi connectivity index (χ2n) is 5.46. The first-order chi connectivity index (χ1) is 9.13. The van der Waals surface area contributed by atoms with Crippen LogP contribution in [0.3, 0.4) is 0 Å². The van der Waals surface area contributed by atoms with Gasteiger partial charge in [0.1, 0.15) is 0 Å². The zero-order chi connectivity index (χ0) is 13.4. The van der Waals surface area contributed by atoms with Crippen LogP contribution in [0.15, 0.2) is 12.1 Å². The number of amides is 2. The van der Waals surface area contributed by atoms with E-state index in [1.807, 2.05) is 0 Å². The number of carbonyl (C=O) groups excluding carboxylic acids is 2. The molecule has 3 rings (SSSR count). The van der Waals surface area contributed by atoms with Crippen LogP contribution in [0.2, 0.25) is 0 Å². The summed E-state index contributed by atoms with van der Waals surface area (Å²) in [5.41, 5.74) is 0. The lowest BCUT2D eigenvalue weighted by molar-refractivity contribution is -0.126. The Bertz CT molecular complexity index is 507. The van der Waals surface area contributed by atoms with Gasteiger partial charge in [0, 0.05) is 27.6 Å². The zero-order valence-corrected chi connectivity index (χ0v) is 11.8. The molecule has 1 aromatic rings. The molecule has 0 aromatic carbocycles. The van der Waals surface area contributed by atoms with E-state index in [-0.39, 0.29) is 24.3 Å². The van der Waals surface area contributed by atoms with E-state index in [0.717, 1.165) is 19.3 Å². The fourth-order valence-corrected chi connectivity index (χ4v) is 3.31. The summed E-state index contributed by atoms with van der Waals surface area (Å²) in [5.74, 6) is 0.374. The summed E-state index contributed by atoms with van der Waals surface area (Å²) in [6.07, 6.45) is 3.06. The molecule has 102 valence electrons. The number of carbonyl (C=O) groups is 2. The third-order valence-corrected chi connectivity index (χ3v) is 4.75. The first kappa shape index (κ1) is 12.7. The van der Waals surface area contributed by atoms with Crippen LogP contribution in [0, 0.1) is 12.8 Å². The maximum Gasteiger partial charge on any atom is 0.239 e. The standard InChI is InChI=1S/C14H18N2O2S/c1-8-2-5-12(19-8)10-6-11(10)14(18)15-7-13(17)16-9-3-4-9/h2,5,9-11H,3-4,6-7H2,1H3,(H,15,18)(H,16,17)/t10-,11+/m0/s1. The van der Waals surface area contributed by atoms with Crippen molar-refractivity contribution in [2.24, 2.45) is 5.92 Å². The summed E-state index contributed by atoms with van der Waals surface area (Å²) in [7, 11) is 0. The SMILES string of the molecule is Cc1ccc([C@H]2C[C@H]2C(=O)NCC(=O)NC2CC2)s1. The lowest BCUT2D eigenvalue weighted by Gasteiger charge is -2.05. The molecule has 19 heavy (non-hydrogen) atoms. The molecule has 1 aromatic heterocycles. The van der Waals surface area contributed by atoms with Crippen LogP contribution in [0.1, 0.15) is 34.9 Å². The average Bonchev–Trinajstić information content (AvgIpc) is 3.28. The summed E-state index contributed by atoms with van der Waals surface area (Å²) >= 11 is 1.76. The van der Waals surface area contributed by atoms with Crippen LogP contribution < -0.4 is 10.6 Å². The molecule has 2 N–H and O–H groups in total. The minimum atomic E-state index is -0.0694. The summed E-state index contributed by atoms with van der Waals surface area (Å²) < 4.78 is 0. The molecule has 2 aliphatic rings. The van der Waals surface area contributed by atoms with E-state index < -0.39 is 0 Å². The molecule has 2 aliphatic carbocycles. The molecule has 0 bridgehead atoms. The van der Waals surface area contributed by atoms with Crippen molar-refractivity contribution in [3.8, 4) is 0 Å². The highest BCUT2D eigenvalue weighted by Crippen LogP contribution is 2.49. The molecular weight excluding hydrogens is 260 g/mol. The van der Waals surface area contributed by atoms with E-state index in [1.165, 1.54) is 9.75 Å². The Morgan fingerprint density at radius 1 is 1.37 bits per heavy atom. The van der Waals surface area contributed by atoms with Gasteiger partial charge in [-0.15, -0.1) is 11.3 Å². The zero-order valence-electron chi connectivity index (χ0n) is 10.9. The van der Waals surface area contributed by atoms with Crippen LogP contribution in [0.5, 0.6) is 0 Å². The van der Waals surface area contributed by atoms with Gasteiger partial charge in [-0.3, -0.25) is 9.59 Å². The molecular formula is C14H18N2O2S. The smallest absolute Gasteiger partial charge is 0.239 e. The van der Waals surface area contributed by atoms with Crippen molar-refractivity contribution in [1.29, 1.82) is 0 Å². The van der Waals surface area contributed by atoms with Crippen LogP contribution in [0.25, 0.3) is 0 Å². The highest BCUT2D eigenvalue weighted by molar-refractivity contribution is 7.12. The van der Waals surface area contributed by atoms with Crippen molar-refractivity contribution in [3.05, 3.63) is 21.9 Å². The summed E-state index contributed by atoms with van der Waals surface area (Å²) in [6, 6.07) is 4.56. The van der Waals surface area contributed by atoms with E-state index >= 15 is 0 Å². The maximum atomic E-state index is 11.9. The van der Waals surface area contributed by atoms with Crippen LogP contribution in [-0.4, -0.2) is 24.4 Å². The first-order valence-corrected chi connectivity index (χ1v) is 7.58. The van der Waals surface area contributed by atoms with Gasteiger partial charge in [0.15, 0.2) is 0 Å². The van der Waals surface area contributed by atoms with Gasteiger partial charge in [0.2, 0.25) is 11.8 Å². The van der Waals surface area contributed by atoms with Gasteiger partial charge < -0.3 is 10.6 Å². The molecule has 2 saturated carbocycles. The van der Waals surface area contributed by atoms with E-state index in [4.69, 9.17) is 0 Å². The molecule has 0 radical (unpaired) electrons. The molecule has 0 unspecified atom stereocenters. The molecule has 0 aliphatic heterocycles. The number of hydrogen-bond acceptors (Lipinski definition) is 3. The van der Waals surface area contributed by atoms with Gasteiger partial charge in [0.05, 0.1) is 6.54 Å². The largest absolute Gasteiger partial charge is 0.352 e. The fraction of sp³-hybridized carbons (Fsp3) is 0.571. The second-order valence-corrected chi connectivity index (χ2v) is 6.78. The number of rotatable bonds is 5. The monoisotopic (exact) mass is 278 g/mol. The highest BCUT2D eigenvalue weighted by atomic mass is 32.1. The Morgan fingerprint density at radius 3 is 2.79 bits per heavy atom. The van der Waals surface area contributed by atoms with Crippen LogP contribution in [0.4, 0.5) is 0 Å². The number of aryl methyl sites for hydroxylation is 1. The first-order valence-electron chi connectivity index (χ1n) is 6.77. The molecule has 2 atom stereocenters. The fourth-order valence-electron chi connectivity index (χ4n) is 2.26. The topological polar surface area (TPSA) is 58.2 Å². The van der Waals surface area contributed by atoms with Gasteiger partial charge in [-0.05, 0) is 38.3 Å². The second kappa shape index (κ2) is 4.96. The average molecular weight is 278 g/mol. The molecule has 5 heteroatoms. The number of hydrogen-bond donors (Lipinski definition) is 2. The molecule has 2 amide bonds. The van der Waals surface area contributed by atoms with Gasteiger partial charge in [-0.25, -0.2) is 0 Å². The Balaban J connectivity index is 1.43. The van der Waals surface area contributed by atoms with Crippen molar-refractivity contribution in [2.45, 2.75) is 38.1 Å². The summed E-state index contributed by atoms with van der Waals surface area (Å²) in [4.78, 5) is 26.0. The quantitative estimate of drug-likeness (QED) is 0.858. The van der Waals surface area contributed by atoms with Crippen molar-refractivity contribution in [1.82, 2.24) is 10.6 Å². The normalized spacial score (nSPS) is 24.9. The summed E-state index contributed by atoms with van der Waals surface area (Å²) in [5, 5.41) is 5.60. The van der Waals surface area contributed by atoms with Gasteiger partial charge in [-0.2, -0.15) is 0 Å². The Morgan fingerprint density at radius 2 is 2.16 bits per heavy atom. The Kier molecular flexibility index (Phi) is 3.31. The lowest BCUT2D eigenvalue weighted by atomic mass is 10.2. The minimum Gasteiger partial charge on any atom is -0.352 e. The molecule has 0 saturated heterocycles. The van der Waals surface area contributed by atoms with Crippen molar-refractivity contribution < 1.29 is 9.59 Å². The van der Waals surface area contributed by atoms with Crippen LogP contribution >= 0.6 is 11.3 Å². The maximum absolute atomic E-state index is 11.9. The summed E-state index contributed by atoms with van der Waals surface area (Å²) in [6.45, 7) is 2.19. The van der Waals surface area contributed by atoms with Gasteiger partial charge >= 0.3 is 0 Å². The van der Waals surface area contributed by atoms with Crippen molar-refractivity contribution in [2.75, 3.05) is 6.54 Å². The predicted octanol–water partition coefficient (Wildman–Crippen LogP) is 1.55. The Labute approximate surface area is 116 Å². The van der Waals surface area contributed by atoms with Gasteiger partial charge in [-0.1, -0.05) is 0 Å². The van der Waals surface area contributed by atoms with E-state index in [9.17, 15) is 9.59 Å². The number of thiophene rings is 1. The van der Waals surface area contributed by atoms with Crippen LogP contribution in [-0.2, 0) is 9.59 Å². The Hall–Kier alpha value is -1.36. The van der Waals surface area contributed by atoms with Crippen molar-refractivity contribution >= 4 is 23.2 Å². The predicted molar refractivity (Wildman–Crippen MR) is 74.1 cm³/mol. The third kappa shape index (κ3) is 3.15. The number of nitrogens with one attached hydrogen (secondary N) is 2. The van der Waals surface area contributed by atoms with E-state index in [2.05, 4.69) is 29.7 Å². The van der Waals surface area contributed by atoms with E-state index in [1.54, 1.807) is 11.3 Å². The van der Waals surface area contributed by atoms with Gasteiger partial charge in [0.25, 0.3) is 0 Å². The molecule has 4 nitrogen and oxygen atoms in total. The molecule has 0 spiro atoms. The lowest BCUT2D eigenvalue weighted by Crippen LogP contribution is -2.38. The molecule has 2 fully saturated rings.